The van der Waals surface area contributed by atoms with Crippen molar-refractivity contribution in [2.75, 3.05) is 32.8 Å². The second kappa shape index (κ2) is 7.62. The van der Waals surface area contributed by atoms with Gasteiger partial charge in [-0.2, -0.15) is 0 Å². The summed E-state index contributed by atoms with van der Waals surface area (Å²) < 4.78 is 5.42. The van der Waals surface area contributed by atoms with Gasteiger partial charge in [0.25, 0.3) is 0 Å². The van der Waals surface area contributed by atoms with Crippen LogP contribution in [0.3, 0.4) is 0 Å². The van der Waals surface area contributed by atoms with Crippen LogP contribution in [0.15, 0.2) is 24.3 Å². The van der Waals surface area contributed by atoms with E-state index in [0.717, 1.165) is 38.1 Å². The maximum absolute atomic E-state index is 10.3. The highest BCUT2D eigenvalue weighted by Crippen LogP contribution is 2.15. The molecule has 3 N–H and O–H groups in total. The van der Waals surface area contributed by atoms with Crippen LogP contribution in [0.25, 0.3) is 0 Å². The Bertz CT molecular complexity index is 386. The van der Waals surface area contributed by atoms with Crippen molar-refractivity contribution >= 4 is 0 Å². The molecule has 0 bridgehead atoms. The third-order valence-corrected chi connectivity index (χ3v) is 3.73. The van der Waals surface area contributed by atoms with Crippen LogP contribution in [0.5, 0.6) is 5.75 Å². The number of piperidine rings is 1. The lowest BCUT2D eigenvalue weighted by atomic mass is 9.94. The van der Waals surface area contributed by atoms with Gasteiger partial charge in [0.2, 0.25) is 0 Å². The van der Waals surface area contributed by atoms with Gasteiger partial charge in [-0.3, -0.25) is 0 Å². The van der Waals surface area contributed by atoms with E-state index in [1.807, 2.05) is 19.1 Å². The van der Waals surface area contributed by atoms with Crippen LogP contribution in [-0.2, 0) is 6.42 Å². The van der Waals surface area contributed by atoms with E-state index >= 15 is 0 Å². The van der Waals surface area contributed by atoms with Gasteiger partial charge >= 0.3 is 0 Å². The summed E-state index contributed by atoms with van der Waals surface area (Å²) in [5.41, 5.74) is 0.714. The van der Waals surface area contributed by atoms with Gasteiger partial charge in [0, 0.05) is 13.1 Å². The van der Waals surface area contributed by atoms with Gasteiger partial charge in [-0.05, 0) is 57.0 Å². The summed E-state index contributed by atoms with van der Waals surface area (Å²) in [5, 5.41) is 16.9. The van der Waals surface area contributed by atoms with Gasteiger partial charge in [0.1, 0.15) is 5.75 Å². The SMILES string of the molecule is CCOc1ccc(CCNC[C@]2(O)CCCNC2)cc1. The van der Waals surface area contributed by atoms with E-state index in [2.05, 4.69) is 22.8 Å². The van der Waals surface area contributed by atoms with Gasteiger partial charge in [-0.1, -0.05) is 12.1 Å². The van der Waals surface area contributed by atoms with Crippen LogP contribution in [0, 0.1) is 0 Å². The molecule has 112 valence electrons. The lowest BCUT2D eigenvalue weighted by Gasteiger charge is -2.32. The molecule has 1 aromatic carbocycles. The van der Waals surface area contributed by atoms with Gasteiger partial charge in [0.15, 0.2) is 0 Å². The highest BCUT2D eigenvalue weighted by atomic mass is 16.5. The molecular weight excluding hydrogens is 252 g/mol. The third-order valence-electron chi connectivity index (χ3n) is 3.73. The molecule has 0 unspecified atom stereocenters. The van der Waals surface area contributed by atoms with Gasteiger partial charge in [-0.15, -0.1) is 0 Å². The topological polar surface area (TPSA) is 53.5 Å². The maximum atomic E-state index is 10.3. The summed E-state index contributed by atoms with van der Waals surface area (Å²) in [4.78, 5) is 0. The van der Waals surface area contributed by atoms with E-state index < -0.39 is 5.60 Å². The van der Waals surface area contributed by atoms with Crippen molar-refractivity contribution < 1.29 is 9.84 Å². The van der Waals surface area contributed by atoms with Crippen LogP contribution >= 0.6 is 0 Å². The Kier molecular flexibility index (Phi) is 5.83. The molecule has 0 aromatic heterocycles. The third kappa shape index (κ3) is 4.78. The summed E-state index contributed by atoms with van der Waals surface area (Å²) in [6.45, 7) is 5.96. The number of β-amino-alcohol motifs (C(OH)–C–C–N with tert-alkyl or cyclic N) is 1. The Morgan fingerprint density at radius 3 is 2.80 bits per heavy atom. The first-order valence-corrected chi connectivity index (χ1v) is 7.57. The lowest BCUT2D eigenvalue weighted by molar-refractivity contribution is 0.0174. The fourth-order valence-corrected chi connectivity index (χ4v) is 2.58. The van der Waals surface area contributed by atoms with Crippen molar-refractivity contribution in [3.05, 3.63) is 29.8 Å². The summed E-state index contributed by atoms with van der Waals surface area (Å²) in [6, 6.07) is 8.22. The van der Waals surface area contributed by atoms with Crippen LogP contribution in [0.1, 0.15) is 25.3 Å². The van der Waals surface area contributed by atoms with Crippen LogP contribution in [0.4, 0.5) is 0 Å². The zero-order valence-electron chi connectivity index (χ0n) is 12.3. The molecule has 0 aliphatic carbocycles. The average molecular weight is 278 g/mol. The number of hydrogen-bond donors (Lipinski definition) is 3. The van der Waals surface area contributed by atoms with Crippen LogP contribution < -0.4 is 15.4 Å². The monoisotopic (exact) mass is 278 g/mol. The lowest BCUT2D eigenvalue weighted by Crippen LogP contribution is -2.52. The molecule has 1 fully saturated rings. The molecule has 4 heteroatoms. The van der Waals surface area contributed by atoms with Gasteiger partial charge < -0.3 is 20.5 Å². The first-order valence-electron chi connectivity index (χ1n) is 7.57. The molecule has 20 heavy (non-hydrogen) atoms. The molecule has 0 saturated carbocycles. The van der Waals surface area contributed by atoms with E-state index in [4.69, 9.17) is 4.74 Å². The molecule has 2 rings (SSSR count). The van der Waals surface area contributed by atoms with Gasteiger partial charge in [-0.25, -0.2) is 0 Å². The zero-order chi connectivity index (χ0) is 14.3. The van der Waals surface area contributed by atoms with Crippen molar-refractivity contribution in [3.63, 3.8) is 0 Å². The Morgan fingerprint density at radius 1 is 1.35 bits per heavy atom. The first kappa shape index (κ1) is 15.3. The summed E-state index contributed by atoms with van der Waals surface area (Å²) in [5.74, 6) is 0.923. The molecule has 1 saturated heterocycles. The van der Waals surface area contributed by atoms with E-state index in [9.17, 15) is 5.11 Å². The van der Waals surface area contributed by atoms with Crippen molar-refractivity contribution in [2.45, 2.75) is 31.8 Å². The fraction of sp³-hybridized carbons (Fsp3) is 0.625. The number of aliphatic hydroxyl groups is 1. The summed E-state index contributed by atoms with van der Waals surface area (Å²) in [7, 11) is 0. The zero-order valence-corrected chi connectivity index (χ0v) is 12.3. The normalized spacial score (nSPS) is 22.7. The molecule has 1 aliphatic rings. The minimum atomic E-state index is -0.572. The van der Waals surface area contributed by atoms with Crippen molar-refractivity contribution in [2.24, 2.45) is 0 Å². The molecule has 1 heterocycles. The number of hydrogen-bond acceptors (Lipinski definition) is 4. The van der Waals surface area contributed by atoms with E-state index in [0.29, 0.717) is 19.7 Å². The van der Waals surface area contributed by atoms with E-state index in [-0.39, 0.29) is 0 Å². The molecule has 4 nitrogen and oxygen atoms in total. The van der Waals surface area contributed by atoms with Crippen molar-refractivity contribution in [3.8, 4) is 5.75 Å². The second-order valence-electron chi connectivity index (χ2n) is 5.51. The minimum absolute atomic E-state index is 0.572. The molecule has 0 amide bonds. The fourth-order valence-electron chi connectivity index (χ4n) is 2.58. The number of nitrogens with one attached hydrogen (secondary N) is 2. The van der Waals surface area contributed by atoms with Crippen molar-refractivity contribution in [1.82, 2.24) is 10.6 Å². The Hall–Kier alpha value is -1.10. The summed E-state index contributed by atoms with van der Waals surface area (Å²) in [6.07, 6.45) is 2.91. The number of rotatable bonds is 7. The largest absolute Gasteiger partial charge is 0.494 e. The average Bonchev–Trinajstić information content (AvgIpc) is 2.46. The second-order valence-corrected chi connectivity index (χ2v) is 5.51. The van der Waals surface area contributed by atoms with E-state index in [1.165, 1.54) is 5.56 Å². The number of ether oxygens (including phenoxy) is 1. The Morgan fingerprint density at radius 2 is 2.15 bits per heavy atom. The molecule has 1 aromatic rings. The minimum Gasteiger partial charge on any atom is -0.494 e. The smallest absolute Gasteiger partial charge is 0.119 e. The molecule has 0 spiro atoms. The Labute approximate surface area is 121 Å². The predicted octanol–water partition coefficient (Wildman–Crippen LogP) is 1.33. The highest BCUT2D eigenvalue weighted by molar-refractivity contribution is 5.27. The molecule has 1 aliphatic heterocycles. The highest BCUT2D eigenvalue weighted by Gasteiger charge is 2.28. The molecule has 0 radical (unpaired) electrons. The van der Waals surface area contributed by atoms with E-state index in [1.54, 1.807) is 0 Å². The maximum Gasteiger partial charge on any atom is 0.119 e. The molecule has 1 atom stereocenters. The molecular formula is C16H26N2O2. The quantitative estimate of drug-likeness (QED) is 0.659. The number of benzene rings is 1. The first-order chi connectivity index (χ1) is 9.72. The summed E-state index contributed by atoms with van der Waals surface area (Å²) >= 11 is 0. The van der Waals surface area contributed by atoms with Crippen molar-refractivity contribution in [1.29, 1.82) is 0 Å². The predicted molar refractivity (Wildman–Crippen MR) is 81.2 cm³/mol. The van der Waals surface area contributed by atoms with Crippen LogP contribution in [0.2, 0.25) is 0 Å². The van der Waals surface area contributed by atoms with Gasteiger partial charge in [0.05, 0.1) is 12.2 Å². The van der Waals surface area contributed by atoms with Crippen LogP contribution in [-0.4, -0.2) is 43.5 Å². The Balaban J connectivity index is 1.67. The standard InChI is InChI=1S/C16H26N2O2/c1-2-20-15-6-4-14(5-7-15)8-11-18-13-16(19)9-3-10-17-12-16/h4-7,17-19H,2-3,8-13H2,1H3/t16-/m0/s1.